The van der Waals surface area contributed by atoms with Crippen LogP contribution < -0.4 is 10.7 Å². The summed E-state index contributed by atoms with van der Waals surface area (Å²) in [4.78, 5) is 26.1. The molecule has 4 heteroatoms. The second-order valence-electron chi connectivity index (χ2n) is 6.56. The summed E-state index contributed by atoms with van der Waals surface area (Å²) in [7, 11) is 0. The molecule has 4 nitrogen and oxygen atoms in total. The first-order chi connectivity index (χ1) is 13.7. The third kappa shape index (κ3) is 3.71. The zero-order valence-electron chi connectivity index (χ0n) is 15.2. The van der Waals surface area contributed by atoms with Crippen LogP contribution in [0.25, 0.3) is 11.0 Å². The van der Waals surface area contributed by atoms with Crippen LogP contribution in [0.15, 0.2) is 94.1 Å². The summed E-state index contributed by atoms with van der Waals surface area (Å²) in [6, 6.07) is 26.1. The van der Waals surface area contributed by atoms with E-state index in [2.05, 4.69) is 5.32 Å². The number of anilines is 1. The first-order valence-corrected chi connectivity index (χ1v) is 9.13. The molecule has 0 bridgehead atoms. The Bertz CT molecular complexity index is 1160. The molecular weight excluding hydrogens is 350 g/mol. The Balaban J connectivity index is 1.74. The third-order valence-electron chi connectivity index (χ3n) is 4.58. The number of para-hydroxylation sites is 1. The zero-order valence-corrected chi connectivity index (χ0v) is 15.2. The van der Waals surface area contributed by atoms with Crippen molar-refractivity contribution in [2.24, 2.45) is 0 Å². The molecule has 4 rings (SSSR count). The first kappa shape index (κ1) is 17.7. The molecule has 0 fully saturated rings. The molecule has 0 spiro atoms. The topological polar surface area (TPSA) is 59.3 Å². The van der Waals surface area contributed by atoms with E-state index in [1.54, 1.807) is 24.3 Å². The molecule has 1 heterocycles. The van der Waals surface area contributed by atoms with Gasteiger partial charge in [-0.25, -0.2) is 0 Å². The van der Waals surface area contributed by atoms with Crippen LogP contribution in [-0.2, 0) is 13.0 Å². The third-order valence-corrected chi connectivity index (χ3v) is 4.58. The summed E-state index contributed by atoms with van der Waals surface area (Å²) in [5.74, 6) is -0.0465. The maximum absolute atomic E-state index is 13.1. The number of hydrogen-bond donors (Lipinski definition) is 1. The van der Waals surface area contributed by atoms with Gasteiger partial charge in [-0.3, -0.25) is 9.59 Å². The average molecular weight is 369 g/mol. The summed E-state index contributed by atoms with van der Waals surface area (Å²) in [5, 5.41) is 3.55. The molecule has 138 valence electrons. The van der Waals surface area contributed by atoms with Crippen LogP contribution in [0, 0.1) is 0 Å². The van der Waals surface area contributed by atoms with Crippen LogP contribution in [0.3, 0.4) is 0 Å². The Kier molecular flexibility index (Phi) is 5.02. The Morgan fingerprint density at radius 3 is 2.11 bits per heavy atom. The molecule has 0 amide bonds. The Labute approximate surface area is 162 Å². The smallest absolute Gasteiger partial charge is 0.208 e. The molecule has 0 aliphatic carbocycles. The number of fused-ring (bicyclic) bond motifs is 1. The predicted octanol–water partition coefficient (Wildman–Crippen LogP) is 4.83. The number of hydrogen-bond acceptors (Lipinski definition) is 4. The second kappa shape index (κ2) is 7.92. The lowest BCUT2D eigenvalue weighted by atomic mass is 10.0. The van der Waals surface area contributed by atoms with Crippen molar-refractivity contribution in [3.8, 4) is 0 Å². The van der Waals surface area contributed by atoms with Crippen LogP contribution in [0.1, 0.15) is 21.5 Å². The van der Waals surface area contributed by atoms with E-state index in [-0.39, 0.29) is 29.1 Å². The number of ketones is 1. The molecule has 0 atom stereocenters. The highest BCUT2D eigenvalue weighted by Gasteiger charge is 2.21. The van der Waals surface area contributed by atoms with Crippen LogP contribution in [0.5, 0.6) is 0 Å². The average Bonchev–Trinajstić information content (AvgIpc) is 2.74. The lowest BCUT2D eigenvalue weighted by molar-refractivity contribution is 0.0991. The molecule has 1 aromatic heterocycles. The molecule has 0 aliphatic heterocycles. The highest BCUT2D eigenvalue weighted by Crippen LogP contribution is 2.22. The van der Waals surface area contributed by atoms with Crippen molar-refractivity contribution < 1.29 is 9.21 Å². The fraction of sp³-hybridized carbons (Fsp3) is 0.0833. The lowest BCUT2D eigenvalue weighted by Crippen LogP contribution is -2.20. The predicted molar refractivity (Wildman–Crippen MR) is 111 cm³/mol. The molecule has 0 saturated heterocycles. The van der Waals surface area contributed by atoms with E-state index >= 15 is 0 Å². The number of benzene rings is 3. The van der Waals surface area contributed by atoms with Crippen molar-refractivity contribution in [2.75, 3.05) is 5.32 Å². The second-order valence-corrected chi connectivity index (χ2v) is 6.56. The minimum absolute atomic E-state index is 0.0680. The van der Waals surface area contributed by atoms with E-state index in [0.29, 0.717) is 17.5 Å². The van der Waals surface area contributed by atoms with Gasteiger partial charge in [0.05, 0.1) is 5.39 Å². The zero-order chi connectivity index (χ0) is 19.3. The van der Waals surface area contributed by atoms with Crippen molar-refractivity contribution in [3.05, 3.63) is 112 Å². The van der Waals surface area contributed by atoms with E-state index in [9.17, 15) is 9.59 Å². The van der Waals surface area contributed by atoms with Crippen molar-refractivity contribution in [1.82, 2.24) is 0 Å². The molecule has 0 unspecified atom stereocenters. The first-order valence-electron chi connectivity index (χ1n) is 9.13. The summed E-state index contributed by atoms with van der Waals surface area (Å²) >= 11 is 0. The highest BCUT2D eigenvalue weighted by atomic mass is 16.3. The summed E-state index contributed by atoms with van der Waals surface area (Å²) in [6.07, 6.45) is 0.143. The van der Waals surface area contributed by atoms with Gasteiger partial charge >= 0.3 is 0 Å². The van der Waals surface area contributed by atoms with Crippen LogP contribution in [0.2, 0.25) is 0 Å². The maximum atomic E-state index is 13.1. The standard InChI is InChI=1S/C24H19NO3/c26-20(15-17-9-3-1-4-10-17)22-23(27)19-13-7-8-14-21(19)28-24(22)25-16-18-11-5-2-6-12-18/h1-14,25H,15-16H2. The molecule has 0 radical (unpaired) electrons. The molecule has 3 aromatic carbocycles. The van der Waals surface area contributed by atoms with Crippen LogP contribution in [-0.4, -0.2) is 5.78 Å². The van der Waals surface area contributed by atoms with Gasteiger partial charge in [-0.1, -0.05) is 72.8 Å². The van der Waals surface area contributed by atoms with Gasteiger partial charge in [0.25, 0.3) is 0 Å². The van der Waals surface area contributed by atoms with E-state index in [4.69, 9.17) is 4.42 Å². The van der Waals surface area contributed by atoms with E-state index < -0.39 is 0 Å². The summed E-state index contributed by atoms with van der Waals surface area (Å²) < 4.78 is 5.92. The monoisotopic (exact) mass is 369 g/mol. The van der Waals surface area contributed by atoms with Gasteiger partial charge in [0.15, 0.2) is 5.78 Å². The number of carbonyl (C=O) groups is 1. The van der Waals surface area contributed by atoms with Gasteiger partial charge in [0, 0.05) is 13.0 Å². The van der Waals surface area contributed by atoms with Crippen molar-refractivity contribution >= 4 is 22.6 Å². The number of nitrogens with one attached hydrogen (secondary N) is 1. The van der Waals surface area contributed by atoms with Gasteiger partial charge in [-0.2, -0.15) is 0 Å². The normalized spacial score (nSPS) is 10.7. The van der Waals surface area contributed by atoms with Crippen LogP contribution >= 0.6 is 0 Å². The van der Waals surface area contributed by atoms with Crippen molar-refractivity contribution in [3.63, 3.8) is 0 Å². The summed E-state index contributed by atoms with van der Waals surface area (Å²) in [6.45, 7) is 0.452. The van der Waals surface area contributed by atoms with Gasteiger partial charge in [-0.15, -0.1) is 0 Å². The Morgan fingerprint density at radius 2 is 1.39 bits per heavy atom. The van der Waals surface area contributed by atoms with Crippen molar-refractivity contribution in [2.45, 2.75) is 13.0 Å². The van der Waals surface area contributed by atoms with Gasteiger partial charge in [0.1, 0.15) is 11.1 Å². The lowest BCUT2D eigenvalue weighted by Gasteiger charge is -2.11. The van der Waals surface area contributed by atoms with Gasteiger partial charge in [0.2, 0.25) is 11.3 Å². The fourth-order valence-corrected chi connectivity index (χ4v) is 3.17. The summed E-state index contributed by atoms with van der Waals surface area (Å²) in [5.41, 5.74) is 2.10. The van der Waals surface area contributed by atoms with Crippen LogP contribution in [0.4, 0.5) is 5.88 Å². The van der Waals surface area contributed by atoms with E-state index in [1.807, 2.05) is 60.7 Å². The van der Waals surface area contributed by atoms with Gasteiger partial charge in [-0.05, 0) is 23.3 Å². The molecule has 0 aliphatic rings. The van der Waals surface area contributed by atoms with E-state index in [0.717, 1.165) is 11.1 Å². The molecule has 0 saturated carbocycles. The minimum atomic E-state index is -0.307. The Morgan fingerprint density at radius 1 is 0.786 bits per heavy atom. The van der Waals surface area contributed by atoms with Gasteiger partial charge < -0.3 is 9.73 Å². The van der Waals surface area contributed by atoms with E-state index in [1.165, 1.54) is 0 Å². The van der Waals surface area contributed by atoms with Crippen molar-refractivity contribution in [1.29, 1.82) is 0 Å². The quantitative estimate of drug-likeness (QED) is 0.495. The number of rotatable bonds is 6. The Hall–Kier alpha value is -3.66. The highest BCUT2D eigenvalue weighted by molar-refractivity contribution is 6.03. The molecule has 4 aromatic rings. The molecule has 28 heavy (non-hydrogen) atoms. The molecule has 1 N–H and O–H groups in total. The molecular formula is C24H19NO3. The number of Topliss-reactive ketones (excluding diaryl/α,β-unsaturated/α-hetero) is 1. The minimum Gasteiger partial charge on any atom is -0.440 e. The largest absolute Gasteiger partial charge is 0.440 e. The SMILES string of the molecule is O=C(Cc1ccccc1)c1c(NCc2ccccc2)oc2ccccc2c1=O. The maximum Gasteiger partial charge on any atom is 0.208 e. The fourth-order valence-electron chi connectivity index (χ4n) is 3.17. The number of carbonyl (C=O) groups excluding carboxylic acids is 1.